The van der Waals surface area contributed by atoms with Gasteiger partial charge in [0.25, 0.3) is 0 Å². The number of halogens is 1. The van der Waals surface area contributed by atoms with Crippen molar-refractivity contribution < 1.29 is 8.42 Å². The van der Waals surface area contributed by atoms with Crippen LogP contribution in [0.2, 0.25) is 0 Å². The first kappa shape index (κ1) is 13.9. The third kappa shape index (κ3) is 2.90. The minimum Gasteiger partial charge on any atom is -0.271 e. The Morgan fingerprint density at radius 2 is 2.39 bits per heavy atom. The smallest absolute Gasteiger partial charge is 0.153 e. The van der Waals surface area contributed by atoms with Gasteiger partial charge in [0.1, 0.15) is 0 Å². The molecule has 9 heteroatoms. The predicted molar refractivity (Wildman–Crippen MR) is 70.1 cm³/mol. The van der Waals surface area contributed by atoms with Gasteiger partial charge in [0.2, 0.25) is 0 Å². The first-order valence-corrected chi connectivity index (χ1v) is 8.26. The summed E-state index contributed by atoms with van der Waals surface area (Å²) >= 11 is 3.32. The Morgan fingerprint density at radius 1 is 1.67 bits per heavy atom. The first-order valence-electron chi connectivity index (χ1n) is 5.64. The SMILES string of the molecule is Cn1nnc(Br)c1C(CC1CCS(=O)(=O)C1)NN. The molecule has 1 aromatic rings. The van der Waals surface area contributed by atoms with Gasteiger partial charge in [-0.3, -0.25) is 11.3 Å². The average molecular weight is 338 g/mol. The molecule has 0 aromatic carbocycles. The van der Waals surface area contributed by atoms with Gasteiger partial charge in [-0.1, -0.05) is 5.21 Å². The summed E-state index contributed by atoms with van der Waals surface area (Å²) in [6.45, 7) is 0. The predicted octanol–water partition coefficient (Wildman–Crippen LogP) is -0.0932. The molecule has 1 aliphatic rings. The van der Waals surface area contributed by atoms with Crippen LogP contribution in [0, 0.1) is 5.92 Å². The number of hydrogen-bond acceptors (Lipinski definition) is 6. The Morgan fingerprint density at radius 3 is 2.83 bits per heavy atom. The van der Waals surface area contributed by atoms with Crippen LogP contribution in [0.15, 0.2) is 4.60 Å². The van der Waals surface area contributed by atoms with Crippen molar-refractivity contribution in [2.75, 3.05) is 11.5 Å². The molecule has 2 heterocycles. The zero-order valence-corrected chi connectivity index (χ0v) is 12.4. The maximum Gasteiger partial charge on any atom is 0.153 e. The molecule has 2 rings (SSSR count). The summed E-state index contributed by atoms with van der Waals surface area (Å²) in [6, 6.07) is -0.155. The van der Waals surface area contributed by atoms with E-state index in [2.05, 4.69) is 31.7 Å². The number of nitrogens with zero attached hydrogens (tertiary/aromatic N) is 3. The summed E-state index contributed by atoms with van der Waals surface area (Å²) in [4.78, 5) is 0. The van der Waals surface area contributed by atoms with Crippen molar-refractivity contribution in [1.29, 1.82) is 0 Å². The van der Waals surface area contributed by atoms with Crippen LogP contribution in [0.3, 0.4) is 0 Å². The van der Waals surface area contributed by atoms with Crippen molar-refractivity contribution >= 4 is 25.8 Å². The van der Waals surface area contributed by atoms with E-state index in [-0.39, 0.29) is 23.5 Å². The molecule has 2 unspecified atom stereocenters. The summed E-state index contributed by atoms with van der Waals surface area (Å²) < 4.78 is 25.2. The molecule has 0 spiro atoms. The Kier molecular flexibility index (Phi) is 4.05. The molecule has 0 bridgehead atoms. The van der Waals surface area contributed by atoms with E-state index in [1.807, 2.05) is 0 Å². The average Bonchev–Trinajstić information content (AvgIpc) is 2.80. The molecule has 0 aliphatic carbocycles. The lowest BCUT2D eigenvalue weighted by molar-refractivity contribution is 0.402. The third-order valence-electron chi connectivity index (χ3n) is 3.25. The topological polar surface area (TPSA) is 103 Å². The van der Waals surface area contributed by atoms with E-state index >= 15 is 0 Å². The summed E-state index contributed by atoms with van der Waals surface area (Å²) in [5.74, 6) is 6.22. The summed E-state index contributed by atoms with van der Waals surface area (Å²) in [5, 5.41) is 7.80. The normalized spacial score (nSPS) is 24.3. The fraction of sp³-hybridized carbons (Fsp3) is 0.778. The Hall–Kier alpha value is -0.510. The van der Waals surface area contributed by atoms with Crippen LogP contribution < -0.4 is 11.3 Å². The van der Waals surface area contributed by atoms with Crippen LogP contribution in [0.5, 0.6) is 0 Å². The number of nitrogens with two attached hydrogens (primary N) is 1. The Labute approximate surface area is 114 Å². The van der Waals surface area contributed by atoms with E-state index in [1.54, 1.807) is 11.7 Å². The third-order valence-corrected chi connectivity index (χ3v) is 5.66. The number of hydrazine groups is 1. The lowest BCUT2D eigenvalue weighted by Crippen LogP contribution is -2.31. The highest BCUT2D eigenvalue weighted by molar-refractivity contribution is 9.10. The van der Waals surface area contributed by atoms with Crippen molar-refractivity contribution in [2.45, 2.75) is 18.9 Å². The van der Waals surface area contributed by atoms with Gasteiger partial charge in [0.05, 0.1) is 23.2 Å². The van der Waals surface area contributed by atoms with E-state index < -0.39 is 9.84 Å². The van der Waals surface area contributed by atoms with Crippen LogP contribution in [0.1, 0.15) is 24.6 Å². The van der Waals surface area contributed by atoms with Crippen molar-refractivity contribution in [3.63, 3.8) is 0 Å². The second-order valence-corrected chi connectivity index (χ2v) is 7.59. The van der Waals surface area contributed by atoms with Crippen molar-refractivity contribution in [3.8, 4) is 0 Å². The number of sulfone groups is 1. The highest BCUT2D eigenvalue weighted by Crippen LogP contribution is 2.30. The van der Waals surface area contributed by atoms with E-state index in [1.165, 1.54) is 0 Å². The molecule has 1 aliphatic heterocycles. The number of aryl methyl sites for hydroxylation is 1. The molecule has 1 fully saturated rings. The van der Waals surface area contributed by atoms with E-state index in [0.717, 1.165) is 5.69 Å². The monoisotopic (exact) mass is 337 g/mol. The molecule has 102 valence electrons. The van der Waals surface area contributed by atoms with Crippen molar-refractivity contribution in [2.24, 2.45) is 18.8 Å². The second-order valence-electron chi connectivity index (χ2n) is 4.61. The van der Waals surface area contributed by atoms with Crippen molar-refractivity contribution in [3.05, 3.63) is 10.3 Å². The van der Waals surface area contributed by atoms with Gasteiger partial charge in [0.15, 0.2) is 14.4 Å². The van der Waals surface area contributed by atoms with Crippen LogP contribution in [0.4, 0.5) is 0 Å². The second kappa shape index (κ2) is 5.24. The maximum atomic E-state index is 11.4. The number of rotatable bonds is 4. The van der Waals surface area contributed by atoms with Crippen LogP contribution in [-0.4, -0.2) is 34.9 Å². The summed E-state index contributed by atoms with van der Waals surface area (Å²) in [5.41, 5.74) is 3.55. The zero-order valence-electron chi connectivity index (χ0n) is 10.0. The quantitative estimate of drug-likeness (QED) is 0.587. The van der Waals surface area contributed by atoms with E-state index in [9.17, 15) is 8.42 Å². The fourth-order valence-corrected chi connectivity index (χ4v) is 4.84. The van der Waals surface area contributed by atoms with E-state index in [4.69, 9.17) is 5.84 Å². The molecule has 0 amide bonds. The van der Waals surface area contributed by atoms with Crippen LogP contribution >= 0.6 is 15.9 Å². The molecule has 1 saturated heterocycles. The minimum absolute atomic E-state index is 0.137. The van der Waals surface area contributed by atoms with Gasteiger partial charge in [-0.05, 0) is 34.7 Å². The van der Waals surface area contributed by atoms with Crippen LogP contribution in [0.25, 0.3) is 0 Å². The number of hydrogen-bond donors (Lipinski definition) is 2. The first-order chi connectivity index (χ1) is 8.43. The lowest BCUT2D eigenvalue weighted by atomic mass is 9.98. The molecule has 3 N–H and O–H groups in total. The van der Waals surface area contributed by atoms with Gasteiger partial charge in [0, 0.05) is 7.05 Å². The number of nitrogens with one attached hydrogen (secondary N) is 1. The molecule has 2 atom stereocenters. The van der Waals surface area contributed by atoms with Gasteiger partial charge in [-0.15, -0.1) is 5.10 Å². The fourth-order valence-electron chi connectivity index (χ4n) is 2.36. The summed E-state index contributed by atoms with van der Waals surface area (Å²) in [7, 11) is -1.08. The number of aromatic nitrogens is 3. The molecule has 18 heavy (non-hydrogen) atoms. The van der Waals surface area contributed by atoms with Crippen LogP contribution in [-0.2, 0) is 16.9 Å². The maximum absolute atomic E-state index is 11.4. The molecule has 7 nitrogen and oxygen atoms in total. The van der Waals surface area contributed by atoms with Gasteiger partial charge < -0.3 is 0 Å². The zero-order chi connectivity index (χ0) is 13.3. The molecular formula is C9H16BrN5O2S. The molecule has 0 saturated carbocycles. The summed E-state index contributed by atoms with van der Waals surface area (Å²) in [6.07, 6.45) is 1.36. The molecular weight excluding hydrogens is 322 g/mol. The minimum atomic E-state index is -2.86. The largest absolute Gasteiger partial charge is 0.271 e. The van der Waals surface area contributed by atoms with Gasteiger partial charge >= 0.3 is 0 Å². The Bertz CT molecular complexity index is 510. The lowest BCUT2D eigenvalue weighted by Gasteiger charge is -2.19. The highest BCUT2D eigenvalue weighted by atomic mass is 79.9. The standard InChI is InChI=1S/C9H16BrN5O2S/c1-15-8(9(10)13-14-15)7(12-11)4-6-2-3-18(16,17)5-6/h6-7,12H,2-5,11H2,1H3. The van der Waals surface area contributed by atoms with Crippen molar-refractivity contribution in [1.82, 2.24) is 20.4 Å². The highest BCUT2D eigenvalue weighted by Gasteiger charge is 2.31. The Balaban J connectivity index is 2.12. The molecule has 0 radical (unpaired) electrons. The van der Waals surface area contributed by atoms with E-state index in [0.29, 0.717) is 17.4 Å². The molecule has 1 aromatic heterocycles. The van der Waals surface area contributed by atoms with Gasteiger partial charge in [-0.25, -0.2) is 13.1 Å². The van der Waals surface area contributed by atoms with Gasteiger partial charge in [-0.2, -0.15) is 0 Å².